The Morgan fingerprint density at radius 1 is 1.35 bits per heavy atom. The van der Waals surface area contributed by atoms with Crippen molar-refractivity contribution in [3.63, 3.8) is 0 Å². The molecule has 0 aliphatic heterocycles. The highest BCUT2D eigenvalue weighted by atomic mass is 32.1. The van der Waals surface area contributed by atoms with Gasteiger partial charge >= 0.3 is 11.7 Å². The lowest BCUT2D eigenvalue weighted by molar-refractivity contribution is -0.125. The lowest BCUT2D eigenvalue weighted by atomic mass is 10.0. The number of halogens is 1. The van der Waals surface area contributed by atoms with Crippen molar-refractivity contribution >= 4 is 33.4 Å². The second-order valence-corrected chi connectivity index (χ2v) is 7.25. The van der Waals surface area contributed by atoms with Gasteiger partial charge in [0.15, 0.2) is 6.30 Å². The molecule has 1 unspecified atom stereocenters. The third-order valence-electron chi connectivity index (χ3n) is 4.14. The highest BCUT2D eigenvalue weighted by molar-refractivity contribution is 7.20. The molecular formula is C16H20FN3O5S. The van der Waals surface area contributed by atoms with Gasteiger partial charge in [0.1, 0.15) is 15.2 Å². The number of hydrogen-bond donors (Lipinski definition) is 1. The van der Waals surface area contributed by atoms with Gasteiger partial charge in [-0.05, 0) is 40.2 Å². The summed E-state index contributed by atoms with van der Waals surface area (Å²) in [6.45, 7) is 6.97. The number of aryl methyl sites for hydroxylation is 1. The van der Waals surface area contributed by atoms with Crippen molar-refractivity contribution in [3.05, 3.63) is 31.3 Å². The Morgan fingerprint density at radius 3 is 2.38 bits per heavy atom. The summed E-state index contributed by atoms with van der Waals surface area (Å²) in [5.74, 6) is -1.59. The van der Waals surface area contributed by atoms with Crippen LogP contribution in [0.5, 0.6) is 0 Å². The van der Waals surface area contributed by atoms with Crippen LogP contribution < -0.4 is 17.0 Å². The van der Waals surface area contributed by atoms with Crippen molar-refractivity contribution in [2.75, 3.05) is 6.61 Å². The number of fused-ring (bicyclic) bond motifs is 1. The maximum absolute atomic E-state index is 14.2. The van der Waals surface area contributed by atoms with Crippen LogP contribution in [0.2, 0.25) is 0 Å². The summed E-state index contributed by atoms with van der Waals surface area (Å²) >= 11 is 0.802. The lowest BCUT2D eigenvalue weighted by Crippen LogP contribution is -2.54. The van der Waals surface area contributed by atoms with Gasteiger partial charge < -0.3 is 10.5 Å². The van der Waals surface area contributed by atoms with Crippen molar-refractivity contribution in [1.29, 1.82) is 0 Å². The van der Waals surface area contributed by atoms with Crippen LogP contribution in [0.25, 0.3) is 10.2 Å². The molecule has 0 saturated carbocycles. The molecule has 0 aliphatic carbocycles. The number of nitrogens with zero attached hydrogens (tertiary/aromatic N) is 2. The zero-order valence-electron chi connectivity index (χ0n) is 15.1. The molecule has 2 aromatic rings. The molecule has 0 fully saturated rings. The quantitative estimate of drug-likeness (QED) is 0.782. The molecule has 0 bridgehead atoms. The average molecular weight is 385 g/mol. The number of thiophene rings is 1. The van der Waals surface area contributed by atoms with Crippen LogP contribution in [0.4, 0.5) is 4.39 Å². The van der Waals surface area contributed by atoms with Crippen molar-refractivity contribution < 1.29 is 18.7 Å². The molecule has 10 heteroatoms. The molecule has 0 spiro atoms. The molecule has 1 amide bonds. The lowest BCUT2D eigenvalue weighted by Gasteiger charge is -2.24. The number of amides is 1. The fourth-order valence-corrected chi connectivity index (χ4v) is 3.88. The predicted octanol–water partition coefficient (Wildman–Crippen LogP) is 1.42. The summed E-state index contributed by atoms with van der Waals surface area (Å²) < 4.78 is 20.6. The Labute approximate surface area is 152 Å². The Morgan fingerprint density at radius 2 is 1.92 bits per heavy atom. The number of carbonyl (C=O) groups is 2. The molecule has 0 saturated heterocycles. The summed E-state index contributed by atoms with van der Waals surface area (Å²) in [5.41, 5.74) is 2.08. The van der Waals surface area contributed by atoms with Gasteiger partial charge in [-0.2, -0.15) is 0 Å². The van der Waals surface area contributed by atoms with Crippen LogP contribution in [-0.2, 0) is 15.1 Å². The van der Waals surface area contributed by atoms with Crippen LogP contribution in [0, 0.1) is 6.92 Å². The fourth-order valence-electron chi connectivity index (χ4n) is 2.62. The fraction of sp³-hybridized carbons (Fsp3) is 0.500. The number of primary amides is 1. The third kappa shape index (κ3) is 2.83. The van der Waals surface area contributed by atoms with Crippen molar-refractivity contribution in [3.8, 4) is 0 Å². The maximum Gasteiger partial charge on any atom is 0.348 e. The summed E-state index contributed by atoms with van der Waals surface area (Å²) in [6.07, 6.45) is -1.80. The zero-order valence-corrected chi connectivity index (χ0v) is 15.9. The molecule has 0 aromatic carbocycles. The van der Waals surface area contributed by atoms with E-state index in [2.05, 4.69) is 0 Å². The molecule has 2 heterocycles. The normalized spacial score (nSPS) is 13.0. The van der Waals surface area contributed by atoms with Crippen molar-refractivity contribution in [2.24, 2.45) is 5.73 Å². The van der Waals surface area contributed by atoms with Gasteiger partial charge in [-0.1, -0.05) is 0 Å². The SMILES string of the molecule is CCOC(=O)c1sc2c(c1C)c(=O)n(C(C)(C)C(N)=O)c(=O)n2C(C)F. The number of rotatable bonds is 5. The van der Waals surface area contributed by atoms with Crippen LogP contribution in [0.3, 0.4) is 0 Å². The standard InChI is InChI=1S/C16H20FN3O5S/c1-6-25-13(22)10-7(2)9-11(21)20(16(4,5)14(18)23)15(24)19(8(3)17)12(9)26-10/h8H,6H2,1-5H3,(H2,18,23). The van der Waals surface area contributed by atoms with Crippen LogP contribution in [0.1, 0.15) is 49.2 Å². The zero-order chi connectivity index (χ0) is 20.0. The van der Waals surface area contributed by atoms with E-state index >= 15 is 0 Å². The number of esters is 1. The molecule has 8 nitrogen and oxygen atoms in total. The van der Waals surface area contributed by atoms with E-state index in [1.165, 1.54) is 20.8 Å². The molecule has 142 valence electrons. The molecule has 26 heavy (non-hydrogen) atoms. The topological polar surface area (TPSA) is 113 Å². The Bertz CT molecular complexity index is 1020. The largest absolute Gasteiger partial charge is 0.462 e. The Balaban J connectivity index is 3.06. The highest BCUT2D eigenvalue weighted by Gasteiger charge is 2.35. The van der Waals surface area contributed by atoms with E-state index in [1.807, 2.05) is 0 Å². The van der Waals surface area contributed by atoms with Crippen molar-refractivity contribution in [1.82, 2.24) is 9.13 Å². The Kier molecular flexibility index (Phi) is 5.09. The minimum Gasteiger partial charge on any atom is -0.462 e. The van der Waals surface area contributed by atoms with Crippen LogP contribution >= 0.6 is 11.3 Å². The van der Waals surface area contributed by atoms with Crippen LogP contribution in [0.15, 0.2) is 9.59 Å². The Hall–Kier alpha value is -2.49. The molecule has 1 atom stereocenters. The number of hydrogen-bond acceptors (Lipinski definition) is 6. The first kappa shape index (κ1) is 19.8. The second-order valence-electron chi connectivity index (χ2n) is 6.25. The molecule has 2 N–H and O–H groups in total. The van der Waals surface area contributed by atoms with Crippen LogP contribution in [-0.4, -0.2) is 27.6 Å². The number of carbonyl (C=O) groups excluding carboxylic acids is 2. The van der Waals surface area contributed by atoms with Gasteiger partial charge in [-0.15, -0.1) is 11.3 Å². The summed E-state index contributed by atoms with van der Waals surface area (Å²) in [6, 6.07) is 0. The molecule has 0 radical (unpaired) electrons. The van der Waals surface area contributed by atoms with E-state index in [4.69, 9.17) is 10.5 Å². The van der Waals surface area contributed by atoms with Gasteiger partial charge in [-0.3, -0.25) is 14.2 Å². The molecule has 2 rings (SSSR count). The third-order valence-corrected chi connectivity index (χ3v) is 5.41. The van der Waals surface area contributed by atoms with E-state index in [9.17, 15) is 23.6 Å². The van der Waals surface area contributed by atoms with Crippen molar-refractivity contribution in [2.45, 2.75) is 46.5 Å². The van der Waals surface area contributed by atoms with Gasteiger partial charge in [0.05, 0.1) is 12.0 Å². The number of alkyl halides is 1. The highest BCUT2D eigenvalue weighted by Crippen LogP contribution is 2.30. The van der Waals surface area contributed by atoms with Gasteiger partial charge in [0, 0.05) is 0 Å². The van der Waals surface area contributed by atoms with E-state index < -0.39 is 35.0 Å². The van der Waals surface area contributed by atoms with Gasteiger partial charge in [-0.25, -0.2) is 18.5 Å². The molecule has 2 aromatic heterocycles. The van der Waals surface area contributed by atoms with Gasteiger partial charge in [0.25, 0.3) is 5.56 Å². The number of nitrogens with two attached hydrogens (primary N) is 1. The van der Waals surface area contributed by atoms with E-state index in [0.29, 0.717) is 4.57 Å². The monoisotopic (exact) mass is 385 g/mol. The second kappa shape index (κ2) is 6.67. The number of ether oxygens (including phenoxy) is 1. The first-order valence-corrected chi connectivity index (χ1v) is 8.70. The smallest absolute Gasteiger partial charge is 0.348 e. The summed E-state index contributed by atoms with van der Waals surface area (Å²) in [5, 5.41) is -0.0171. The maximum atomic E-state index is 14.2. The predicted molar refractivity (Wildman–Crippen MR) is 95.4 cm³/mol. The molecule has 0 aliphatic rings. The summed E-state index contributed by atoms with van der Waals surface area (Å²) in [7, 11) is 0. The van der Waals surface area contributed by atoms with E-state index in [0.717, 1.165) is 22.8 Å². The van der Waals surface area contributed by atoms with E-state index in [1.54, 1.807) is 6.92 Å². The number of aromatic nitrogens is 2. The minimum absolute atomic E-state index is 0.00655. The first-order chi connectivity index (χ1) is 12.0. The van der Waals surface area contributed by atoms with E-state index in [-0.39, 0.29) is 27.3 Å². The average Bonchev–Trinajstić information content (AvgIpc) is 2.84. The van der Waals surface area contributed by atoms with Gasteiger partial charge in [0.2, 0.25) is 5.91 Å². The first-order valence-electron chi connectivity index (χ1n) is 7.89. The molecular weight excluding hydrogens is 365 g/mol. The minimum atomic E-state index is -1.80. The summed E-state index contributed by atoms with van der Waals surface area (Å²) in [4.78, 5) is 49.8.